The second-order valence-electron chi connectivity index (χ2n) is 3.29. The normalized spacial score (nSPS) is 15.5. The molecule has 0 saturated heterocycles. The van der Waals surface area contributed by atoms with Crippen LogP contribution in [0.5, 0.6) is 0 Å². The van der Waals surface area contributed by atoms with Crippen LogP contribution in [0.3, 0.4) is 0 Å². The number of hydrogen-bond acceptors (Lipinski definition) is 2. The molecule has 0 spiro atoms. The van der Waals surface area contributed by atoms with Crippen LogP contribution in [-0.4, -0.2) is 11.7 Å². The van der Waals surface area contributed by atoms with Gasteiger partial charge in [0.15, 0.2) is 0 Å². The summed E-state index contributed by atoms with van der Waals surface area (Å²) in [5.41, 5.74) is -0.505. The Kier molecular flexibility index (Phi) is 4.89. The van der Waals surface area contributed by atoms with Crippen LogP contribution in [0.4, 0.5) is 0 Å². The first kappa shape index (κ1) is 10.4. The lowest BCUT2D eigenvalue weighted by atomic mass is 9.87. The van der Waals surface area contributed by atoms with E-state index in [9.17, 15) is 0 Å². The Balaban J connectivity index is 3.63. The highest BCUT2D eigenvalue weighted by atomic mass is 16.3. The van der Waals surface area contributed by atoms with E-state index >= 15 is 0 Å². The fraction of sp³-hybridized carbons (Fsp3) is 0.889. The Morgan fingerprint density at radius 1 is 1.45 bits per heavy atom. The molecule has 0 aromatic rings. The third-order valence-corrected chi connectivity index (χ3v) is 1.95. The first-order valence-electron chi connectivity index (χ1n) is 4.20. The minimum absolute atomic E-state index is 0.0206. The van der Waals surface area contributed by atoms with Crippen LogP contribution in [0.25, 0.3) is 0 Å². The molecule has 0 aliphatic heterocycles. The Bertz CT molecular complexity index is 139. The highest BCUT2D eigenvalue weighted by Crippen LogP contribution is 2.22. The molecule has 0 amide bonds. The topological polar surface area (TPSA) is 44.0 Å². The van der Waals surface area contributed by atoms with Gasteiger partial charge in [-0.05, 0) is 13.3 Å². The summed E-state index contributed by atoms with van der Waals surface area (Å²) in [4.78, 5) is 0. The van der Waals surface area contributed by atoms with Crippen molar-refractivity contribution in [1.82, 2.24) is 0 Å². The molecule has 0 fully saturated rings. The molecular weight excluding hydrogens is 138 g/mol. The van der Waals surface area contributed by atoms with Crippen molar-refractivity contribution in [3.63, 3.8) is 0 Å². The number of nitrogens with zero attached hydrogens (tertiary/aromatic N) is 1. The molecule has 0 aliphatic carbocycles. The smallest absolute Gasteiger partial charge is 0.0776 e. The second-order valence-corrected chi connectivity index (χ2v) is 3.29. The van der Waals surface area contributed by atoms with E-state index < -0.39 is 5.41 Å². The molecule has 1 atom stereocenters. The van der Waals surface area contributed by atoms with Gasteiger partial charge in [-0.2, -0.15) is 5.26 Å². The average Bonchev–Trinajstić information content (AvgIpc) is 2.05. The van der Waals surface area contributed by atoms with Gasteiger partial charge in [-0.3, -0.25) is 0 Å². The van der Waals surface area contributed by atoms with Gasteiger partial charge in [-0.1, -0.05) is 26.2 Å². The maximum absolute atomic E-state index is 8.86. The number of unbranched alkanes of at least 4 members (excludes halogenated alkanes) is 2. The second kappa shape index (κ2) is 5.15. The van der Waals surface area contributed by atoms with Crippen molar-refractivity contribution < 1.29 is 5.11 Å². The molecular formula is C9H17NO. The van der Waals surface area contributed by atoms with Crippen LogP contribution < -0.4 is 0 Å². The van der Waals surface area contributed by atoms with Gasteiger partial charge in [0, 0.05) is 0 Å². The zero-order valence-electron chi connectivity index (χ0n) is 7.43. The Morgan fingerprint density at radius 2 is 2.09 bits per heavy atom. The summed E-state index contributed by atoms with van der Waals surface area (Å²) >= 11 is 0. The van der Waals surface area contributed by atoms with Crippen molar-refractivity contribution in [1.29, 1.82) is 5.26 Å². The Hall–Kier alpha value is -0.550. The van der Waals surface area contributed by atoms with E-state index in [0.29, 0.717) is 0 Å². The molecule has 1 N–H and O–H groups in total. The molecule has 1 unspecified atom stereocenters. The zero-order chi connectivity index (χ0) is 8.74. The van der Waals surface area contributed by atoms with E-state index in [-0.39, 0.29) is 6.61 Å². The Labute approximate surface area is 68.8 Å². The Morgan fingerprint density at radius 3 is 2.45 bits per heavy atom. The van der Waals surface area contributed by atoms with E-state index in [4.69, 9.17) is 10.4 Å². The fourth-order valence-electron chi connectivity index (χ4n) is 0.935. The van der Waals surface area contributed by atoms with Gasteiger partial charge in [-0.15, -0.1) is 0 Å². The molecule has 0 bridgehead atoms. The summed E-state index contributed by atoms with van der Waals surface area (Å²) < 4.78 is 0. The van der Waals surface area contributed by atoms with E-state index in [1.54, 1.807) is 0 Å². The standard InChI is InChI=1S/C9H17NO/c1-3-4-5-6-9(2,7-10)8-11/h11H,3-6,8H2,1-2H3. The number of rotatable bonds is 5. The lowest BCUT2D eigenvalue weighted by Crippen LogP contribution is -2.18. The first-order chi connectivity index (χ1) is 5.18. The van der Waals surface area contributed by atoms with Crippen LogP contribution in [0.15, 0.2) is 0 Å². The van der Waals surface area contributed by atoms with Crippen molar-refractivity contribution in [3.05, 3.63) is 0 Å². The highest BCUT2D eigenvalue weighted by Gasteiger charge is 2.21. The predicted molar refractivity (Wildman–Crippen MR) is 44.9 cm³/mol. The molecule has 2 heteroatoms. The number of hydrogen-bond donors (Lipinski definition) is 1. The van der Waals surface area contributed by atoms with Gasteiger partial charge in [0.25, 0.3) is 0 Å². The summed E-state index contributed by atoms with van der Waals surface area (Å²) in [5, 5.41) is 17.5. The van der Waals surface area contributed by atoms with Gasteiger partial charge in [0.1, 0.15) is 0 Å². The summed E-state index contributed by atoms with van der Waals surface area (Å²) in [5.74, 6) is 0. The molecule has 0 aromatic carbocycles. The number of nitriles is 1. The zero-order valence-corrected chi connectivity index (χ0v) is 7.43. The van der Waals surface area contributed by atoms with Crippen molar-refractivity contribution in [2.45, 2.75) is 39.5 Å². The summed E-state index contributed by atoms with van der Waals surface area (Å²) in [6.07, 6.45) is 4.17. The van der Waals surface area contributed by atoms with Crippen LogP contribution >= 0.6 is 0 Å². The van der Waals surface area contributed by atoms with E-state index in [1.165, 1.54) is 0 Å². The minimum atomic E-state index is -0.505. The van der Waals surface area contributed by atoms with Gasteiger partial charge < -0.3 is 5.11 Å². The monoisotopic (exact) mass is 155 g/mol. The lowest BCUT2D eigenvalue weighted by molar-refractivity contribution is 0.178. The fourth-order valence-corrected chi connectivity index (χ4v) is 0.935. The third kappa shape index (κ3) is 4.00. The molecule has 64 valence electrons. The number of aliphatic hydroxyl groups is 1. The van der Waals surface area contributed by atoms with Crippen molar-refractivity contribution >= 4 is 0 Å². The quantitative estimate of drug-likeness (QED) is 0.618. The molecule has 0 rings (SSSR count). The molecule has 0 saturated carbocycles. The van der Waals surface area contributed by atoms with E-state index in [2.05, 4.69) is 13.0 Å². The van der Waals surface area contributed by atoms with Gasteiger partial charge >= 0.3 is 0 Å². The van der Waals surface area contributed by atoms with Crippen LogP contribution in [0.1, 0.15) is 39.5 Å². The largest absolute Gasteiger partial charge is 0.395 e. The highest BCUT2D eigenvalue weighted by molar-refractivity contribution is 4.94. The molecule has 0 aromatic heterocycles. The summed E-state index contributed by atoms with van der Waals surface area (Å²) in [6.45, 7) is 3.92. The van der Waals surface area contributed by atoms with Gasteiger partial charge in [0.05, 0.1) is 18.1 Å². The SMILES string of the molecule is CCCCCC(C)(C#N)CO. The molecule has 2 nitrogen and oxygen atoms in total. The molecule has 0 radical (unpaired) electrons. The van der Waals surface area contributed by atoms with Crippen molar-refractivity contribution in [2.75, 3.05) is 6.61 Å². The van der Waals surface area contributed by atoms with E-state index in [1.807, 2.05) is 6.92 Å². The van der Waals surface area contributed by atoms with Crippen LogP contribution in [0, 0.1) is 16.7 Å². The van der Waals surface area contributed by atoms with Crippen molar-refractivity contribution in [3.8, 4) is 6.07 Å². The van der Waals surface area contributed by atoms with Crippen LogP contribution in [-0.2, 0) is 0 Å². The van der Waals surface area contributed by atoms with E-state index in [0.717, 1.165) is 25.7 Å². The maximum atomic E-state index is 8.86. The van der Waals surface area contributed by atoms with Crippen molar-refractivity contribution in [2.24, 2.45) is 5.41 Å². The summed E-state index contributed by atoms with van der Waals surface area (Å²) in [7, 11) is 0. The minimum Gasteiger partial charge on any atom is -0.395 e. The van der Waals surface area contributed by atoms with Gasteiger partial charge in [0.2, 0.25) is 0 Å². The predicted octanol–water partition coefficient (Wildman–Crippen LogP) is 2.09. The average molecular weight is 155 g/mol. The maximum Gasteiger partial charge on any atom is 0.0776 e. The molecule has 11 heavy (non-hydrogen) atoms. The van der Waals surface area contributed by atoms with Crippen LogP contribution in [0.2, 0.25) is 0 Å². The summed E-state index contributed by atoms with van der Waals surface area (Å²) in [6, 6.07) is 2.14. The third-order valence-electron chi connectivity index (χ3n) is 1.95. The lowest BCUT2D eigenvalue weighted by Gasteiger charge is -2.17. The van der Waals surface area contributed by atoms with Gasteiger partial charge in [-0.25, -0.2) is 0 Å². The first-order valence-corrected chi connectivity index (χ1v) is 4.20. The number of aliphatic hydroxyl groups excluding tert-OH is 1. The molecule has 0 aliphatic rings. The molecule has 0 heterocycles.